The molecule has 0 unspecified atom stereocenters. The molecule has 1 N–H and O–H groups in total. The summed E-state index contributed by atoms with van der Waals surface area (Å²) >= 11 is 3.39. The molecule has 0 radical (unpaired) electrons. The van der Waals surface area contributed by atoms with Gasteiger partial charge in [0.1, 0.15) is 17.9 Å². The molecule has 0 heterocycles. The third-order valence-corrected chi connectivity index (χ3v) is 4.29. The Morgan fingerprint density at radius 3 is 2.11 bits per heavy atom. The van der Waals surface area contributed by atoms with E-state index < -0.39 is 17.9 Å². The van der Waals surface area contributed by atoms with E-state index in [9.17, 15) is 14.4 Å². The molecule has 0 amide bonds. The van der Waals surface area contributed by atoms with Crippen molar-refractivity contribution in [2.45, 2.75) is 6.61 Å². The summed E-state index contributed by atoms with van der Waals surface area (Å²) in [5.74, 6) is -2.05. The maximum absolute atomic E-state index is 11.7. The number of halogens is 1. The maximum atomic E-state index is 11.7. The second-order valence-electron chi connectivity index (χ2n) is 5.52. The van der Waals surface area contributed by atoms with Crippen molar-refractivity contribution in [3.05, 3.63) is 69.2 Å². The Hall–Kier alpha value is -3.13. The maximum Gasteiger partial charge on any atom is 0.345 e. The average Bonchev–Trinajstić information content (AvgIpc) is 2.70. The standard InChI is InChI=1S/C20H17BrO7/c1-26-19(24)15(20(25)27-2)9-13-5-8-17(16(21)10-13)28-11-12-3-6-14(7-4-12)18(22)23/h3-10H,11H2,1-2H3,(H,22,23). The molecule has 2 aromatic carbocycles. The van der Waals surface area contributed by atoms with E-state index in [1.54, 1.807) is 30.3 Å². The Kier molecular flexibility index (Phi) is 7.34. The van der Waals surface area contributed by atoms with Crippen LogP contribution in [0.25, 0.3) is 6.08 Å². The molecule has 0 atom stereocenters. The van der Waals surface area contributed by atoms with Gasteiger partial charge in [0.15, 0.2) is 0 Å². The highest BCUT2D eigenvalue weighted by Crippen LogP contribution is 2.28. The minimum absolute atomic E-state index is 0.202. The van der Waals surface area contributed by atoms with Crippen molar-refractivity contribution in [1.29, 1.82) is 0 Å². The molecule has 0 spiro atoms. The molecule has 0 saturated carbocycles. The molecule has 0 fully saturated rings. The molecule has 8 heteroatoms. The first kappa shape index (κ1) is 21.2. The number of carbonyl (C=O) groups excluding carboxylic acids is 2. The summed E-state index contributed by atoms with van der Waals surface area (Å²) in [7, 11) is 2.35. The van der Waals surface area contributed by atoms with Crippen LogP contribution in [0.15, 0.2) is 52.5 Å². The summed E-state index contributed by atoms with van der Waals surface area (Å²) in [6, 6.07) is 11.4. The second-order valence-corrected chi connectivity index (χ2v) is 6.38. The first-order valence-electron chi connectivity index (χ1n) is 7.98. The van der Waals surface area contributed by atoms with Crippen LogP contribution in [0.4, 0.5) is 0 Å². The zero-order valence-electron chi connectivity index (χ0n) is 15.1. The van der Waals surface area contributed by atoms with Gasteiger partial charge in [-0.3, -0.25) is 0 Å². The number of esters is 2. The molecule has 0 bridgehead atoms. The lowest BCUT2D eigenvalue weighted by Crippen LogP contribution is -2.15. The summed E-state index contributed by atoms with van der Waals surface area (Å²) in [6.45, 7) is 0.239. The molecular weight excluding hydrogens is 432 g/mol. The van der Waals surface area contributed by atoms with E-state index in [0.717, 1.165) is 5.56 Å². The normalized spacial score (nSPS) is 9.96. The van der Waals surface area contributed by atoms with Crippen molar-refractivity contribution < 1.29 is 33.7 Å². The monoisotopic (exact) mass is 448 g/mol. The molecule has 0 aliphatic rings. The van der Waals surface area contributed by atoms with Gasteiger partial charge in [0.05, 0.1) is 24.3 Å². The Bertz CT molecular complexity index is 899. The number of methoxy groups -OCH3 is 2. The van der Waals surface area contributed by atoms with Gasteiger partial charge in [-0.25, -0.2) is 14.4 Å². The van der Waals surface area contributed by atoms with E-state index in [1.165, 1.54) is 32.4 Å². The van der Waals surface area contributed by atoms with Crippen molar-refractivity contribution in [3.63, 3.8) is 0 Å². The molecule has 0 saturated heterocycles. The van der Waals surface area contributed by atoms with E-state index in [1.807, 2.05) is 0 Å². The highest BCUT2D eigenvalue weighted by Gasteiger charge is 2.19. The smallest absolute Gasteiger partial charge is 0.345 e. The fraction of sp³-hybridized carbons (Fsp3) is 0.150. The minimum atomic E-state index is -0.989. The van der Waals surface area contributed by atoms with Gasteiger partial charge in [-0.05, 0) is 57.4 Å². The predicted octanol–water partition coefficient (Wildman–Crippen LogP) is 3.46. The minimum Gasteiger partial charge on any atom is -0.488 e. The van der Waals surface area contributed by atoms with E-state index >= 15 is 0 Å². The predicted molar refractivity (Wildman–Crippen MR) is 104 cm³/mol. The van der Waals surface area contributed by atoms with E-state index in [2.05, 4.69) is 25.4 Å². The van der Waals surface area contributed by atoms with Crippen molar-refractivity contribution in [1.82, 2.24) is 0 Å². The van der Waals surface area contributed by atoms with Gasteiger partial charge in [-0.15, -0.1) is 0 Å². The summed E-state index contributed by atoms with van der Waals surface area (Å²) in [5.41, 5.74) is 1.34. The number of carboxylic acids is 1. The first-order valence-corrected chi connectivity index (χ1v) is 8.78. The van der Waals surface area contributed by atoms with Gasteiger partial charge < -0.3 is 19.3 Å². The van der Waals surface area contributed by atoms with Gasteiger partial charge in [-0.2, -0.15) is 0 Å². The topological polar surface area (TPSA) is 99.1 Å². The van der Waals surface area contributed by atoms with Gasteiger partial charge in [0, 0.05) is 0 Å². The van der Waals surface area contributed by atoms with Gasteiger partial charge in [0.2, 0.25) is 0 Å². The first-order chi connectivity index (χ1) is 13.3. The number of hydrogen-bond donors (Lipinski definition) is 1. The number of hydrogen-bond acceptors (Lipinski definition) is 6. The lowest BCUT2D eigenvalue weighted by Gasteiger charge is -2.10. The number of rotatable bonds is 7. The van der Waals surface area contributed by atoms with Crippen molar-refractivity contribution in [2.24, 2.45) is 0 Å². The molecule has 0 aliphatic carbocycles. The van der Waals surface area contributed by atoms with Gasteiger partial charge in [0.25, 0.3) is 0 Å². The number of benzene rings is 2. The Labute approximate surface area is 169 Å². The summed E-state index contributed by atoms with van der Waals surface area (Å²) in [4.78, 5) is 34.3. The van der Waals surface area contributed by atoms with E-state index in [0.29, 0.717) is 15.8 Å². The van der Waals surface area contributed by atoms with Crippen LogP contribution in [0.3, 0.4) is 0 Å². The third kappa shape index (κ3) is 5.43. The molecular formula is C20H17BrO7. The molecule has 0 aliphatic heterocycles. The Morgan fingerprint density at radius 1 is 1.00 bits per heavy atom. The lowest BCUT2D eigenvalue weighted by atomic mass is 10.1. The number of ether oxygens (including phenoxy) is 3. The van der Waals surface area contributed by atoms with Crippen LogP contribution in [-0.4, -0.2) is 37.2 Å². The Morgan fingerprint density at radius 2 is 1.61 bits per heavy atom. The van der Waals surface area contributed by atoms with Crippen molar-refractivity contribution >= 4 is 39.9 Å². The van der Waals surface area contributed by atoms with Crippen LogP contribution in [0.5, 0.6) is 5.75 Å². The SMILES string of the molecule is COC(=O)C(=Cc1ccc(OCc2ccc(C(=O)O)cc2)c(Br)c1)C(=O)OC. The molecule has 0 aromatic heterocycles. The van der Waals surface area contributed by atoms with E-state index in [4.69, 9.17) is 9.84 Å². The summed E-state index contributed by atoms with van der Waals surface area (Å²) in [6.07, 6.45) is 1.36. The van der Waals surface area contributed by atoms with Crippen LogP contribution < -0.4 is 4.74 Å². The largest absolute Gasteiger partial charge is 0.488 e. The Balaban J connectivity index is 2.15. The van der Waals surface area contributed by atoms with Crippen molar-refractivity contribution in [2.75, 3.05) is 14.2 Å². The van der Waals surface area contributed by atoms with Crippen LogP contribution in [-0.2, 0) is 25.7 Å². The zero-order chi connectivity index (χ0) is 20.7. The highest BCUT2D eigenvalue weighted by atomic mass is 79.9. The molecule has 146 valence electrons. The zero-order valence-corrected chi connectivity index (χ0v) is 16.7. The molecule has 2 aromatic rings. The number of carboxylic acid groups (broad SMARTS) is 1. The average molecular weight is 449 g/mol. The van der Waals surface area contributed by atoms with Crippen LogP contribution in [0, 0.1) is 0 Å². The van der Waals surface area contributed by atoms with Gasteiger partial charge >= 0.3 is 17.9 Å². The second kappa shape index (κ2) is 9.70. The lowest BCUT2D eigenvalue weighted by molar-refractivity contribution is -0.143. The fourth-order valence-electron chi connectivity index (χ4n) is 2.22. The van der Waals surface area contributed by atoms with Crippen LogP contribution in [0.1, 0.15) is 21.5 Å². The summed E-state index contributed by atoms with van der Waals surface area (Å²) in [5, 5.41) is 8.91. The fourth-order valence-corrected chi connectivity index (χ4v) is 2.73. The number of carbonyl (C=O) groups is 3. The van der Waals surface area contributed by atoms with Crippen LogP contribution >= 0.6 is 15.9 Å². The van der Waals surface area contributed by atoms with Crippen LogP contribution in [0.2, 0.25) is 0 Å². The third-order valence-electron chi connectivity index (χ3n) is 3.67. The molecule has 7 nitrogen and oxygen atoms in total. The molecule has 2 rings (SSSR count). The quantitative estimate of drug-likeness (QED) is 0.299. The van der Waals surface area contributed by atoms with Crippen molar-refractivity contribution in [3.8, 4) is 5.75 Å². The summed E-state index contributed by atoms with van der Waals surface area (Å²) < 4.78 is 15.5. The molecule has 28 heavy (non-hydrogen) atoms. The highest BCUT2D eigenvalue weighted by molar-refractivity contribution is 9.10. The van der Waals surface area contributed by atoms with E-state index in [-0.39, 0.29) is 17.7 Å². The number of aromatic carboxylic acids is 1. The van der Waals surface area contributed by atoms with Gasteiger partial charge in [-0.1, -0.05) is 18.2 Å².